The lowest BCUT2D eigenvalue weighted by atomic mass is 9.98. The van der Waals surface area contributed by atoms with Gasteiger partial charge in [0.05, 0.1) is 12.3 Å². The molecule has 2 aliphatic heterocycles. The average molecular weight is 505 g/mol. The number of ether oxygens (including phenoxy) is 1. The lowest BCUT2D eigenvalue weighted by Gasteiger charge is -2.20. The molecule has 2 aliphatic rings. The molecule has 3 aromatic rings. The van der Waals surface area contributed by atoms with E-state index in [0.717, 1.165) is 55.0 Å². The quantitative estimate of drug-likeness (QED) is 0.503. The van der Waals surface area contributed by atoms with Gasteiger partial charge in [-0.25, -0.2) is 9.18 Å². The summed E-state index contributed by atoms with van der Waals surface area (Å²) in [4.78, 5) is 23.6. The van der Waals surface area contributed by atoms with E-state index in [9.17, 15) is 22.4 Å². The number of hydrogen-bond acceptors (Lipinski definition) is 4. The lowest BCUT2D eigenvalue weighted by Crippen LogP contribution is -2.33. The number of alkyl halides is 3. The van der Waals surface area contributed by atoms with Gasteiger partial charge in [0.1, 0.15) is 11.6 Å². The molecule has 2 N–H and O–H groups in total. The van der Waals surface area contributed by atoms with Crippen LogP contribution in [-0.4, -0.2) is 58.0 Å². The summed E-state index contributed by atoms with van der Waals surface area (Å²) >= 11 is 0. The summed E-state index contributed by atoms with van der Waals surface area (Å²) in [5, 5.41) is 14.9. The molecule has 0 aliphatic carbocycles. The molecule has 0 fully saturated rings. The van der Waals surface area contributed by atoms with E-state index < -0.39 is 12.1 Å². The van der Waals surface area contributed by atoms with E-state index in [2.05, 4.69) is 22.3 Å². The Morgan fingerprint density at radius 1 is 1.03 bits per heavy atom. The molecule has 0 spiro atoms. The second kappa shape index (κ2) is 10.4. The first-order valence-electron chi connectivity index (χ1n) is 11.3. The molecule has 0 unspecified atom stereocenters. The third-order valence-corrected chi connectivity index (χ3v) is 6.02. The molecule has 0 atom stereocenters. The van der Waals surface area contributed by atoms with Crippen LogP contribution in [0.1, 0.15) is 33.6 Å². The highest BCUT2D eigenvalue weighted by Crippen LogP contribution is 2.32. The Labute approximate surface area is 203 Å². The zero-order valence-electron chi connectivity index (χ0n) is 19.1. The monoisotopic (exact) mass is 505 g/mol. The van der Waals surface area contributed by atoms with Crippen LogP contribution in [0.4, 0.5) is 17.6 Å². The van der Waals surface area contributed by atoms with E-state index in [0.29, 0.717) is 18.7 Å². The maximum Gasteiger partial charge on any atom is 0.490 e. The second-order valence-electron chi connectivity index (χ2n) is 8.41. The van der Waals surface area contributed by atoms with Crippen molar-refractivity contribution < 1.29 is 37.0 Å². The first kappa shape index (κ1) is 25.2. The van der Waals surface area contributed by atoms with Crippen LogP contribution in [0.2, 0.25) is 0 Å². The van der Waals surface area contributed by atoms with E-state index in [4.69, 9.17) is 14.6 Å². The van der Waals surface area contributed by atoms with E-state index in [1.54, 1.807) is 12.1 Å². The molecule has 2 aromatic carbocycles. The number of aromatic nitrogens is 2. The Balaban J connectivity index is 0.000000384. The Kier molecular flexibility index (Phi) is 7.27. The van der Waals surface area contributed by atoms with Gasteiger partial charge in [-0.05, 0) is 67.3 Å². The van der Waals surface area contributed by atoms with Gasteiger partial charge in [-0.2, -0.15) is 18.3 Å². The number of amides is 1. The van der Waals surface area contributed by atoms with Crippen LogP contribution in [0.25, 0.3) is 11.3 Å². The maximum atomic E-state index is 13.2. The number of nitrogens with one attached hydrogen (secondary N) is 1. The first-order chi connectivity index (χ1) is 17.1. The zero-order chi connectivity index (χ0) is 25.9. The largest absolute Gasteiger partial charge is 0.493 e. The Hall–Kier alpha value is -3.89. The van der Waals surface area contributed by atoms with Crippen molar-refractivity contribution in [3.8, 4) is 17.0 Å². The number of aromatic amines is 1. The van der Waals surface area contributed by atoms with Gasteiger partial charge in [-0.3, -0.25) is 9.89 Å². The summed E-state index contributed by atoms with van der Waals surface area (Å²) in [5.41, 5.74) is 6.06. The number of aryl methyl sites for hydroxylation is 1. The summed E-state index contributed by atoms with van der Waals surface area (Å²) in [6.07, 6.45) is -1.56. The van der Waals surface area contributed by atoms with Crippen LogP contribution in [0.15, 0.2) is 42.5 Å². The molecule has 0 saturated heterocycles. The van der Waals surface area contributed by atoms with E-state index in [-0.39, 0.29) is 11.7 Å². The maximum absolute atomic E-state index is 13.2. The predicted molar refractivity (Wildman–Crippen MR) is 121 cm³/mol. The number of carboxylic acid groups (broad SMARTS) is 1. The van der Waals surface area contributed by atoms with Crippen molar-refractivity contribution in [3.05, 3.63) is 70.7 Å². The van der Waals surface area contributed by atoms with Crippen LogP contribution in [0.5, 0.6) is 5.75 Å². The number of H-pyrrole nitrogens is 1. The highest BCUT2D eigenvalue weighted by Gasteiger charge is 2.38. The van der Waals surface area contributed by atoms with Gasteiger partial charge in [0.15, 0.2) is 0 Å². The van der Waals surface area contributed by atoms with Crippen molar-refractivity contribution in [2.24, 2.45) is 0 Å². The smallest absolute Gasteiger partial charge is 0.490 e. The number of fused-ring (bicyclic) bond motifs is 2. The van der Waals surface area contributed by atoms with Gasteiger partial charge in [-0.15, -0.1) is 0 Å². The molecule has 5 rings (SSSR count). The number of carbonyl (C=O) groups excluding carboxylic acids is 1. The number of nitrogens with zero attached hydrogens (tertiary/aromatic N) is 2. The molecule has 0 saturated carbocycles. The summed E-state index contributed by atoms with van der Waals surface area (Å²) in [5.74, 6) is -2.18. The summed E-state index contributed by atoms with van der Waals surface area (Å²) in [7, 11) is 0. The minimum atomic E-state index is -5.08. The molecule has 0 radical (unpaired) electrons. The number of carbonyl (C=O) groups is 2. The fourth-order valence-corrected chi connectivity index (χ4v) is 4.21. The zero-order valence-corrected chi connectivity index (χ0v) is 19.1. The molecule has 0 bridgehead atoms. The number of aliphatic carboxylic acids is 1. The Bertz CT molecular complexity index is 1260. The van der Waals surface area contributed by atoms with Crippen LogP contribution in [0, 0.1) is 5.82 Å². The third kappa shape index (κ3) is 5.67. The Morgan fingerprint density at radius 3 is 2.42 bits per heavy atom. The van der Waals surface area contributed by atoms with Crippen LogP contribution >= 0.6 is 0 Å². The molecule has 11 heteroatoms. The lowest BCUT2D eigenvalue weighted by molar-refractivity contribution is -0.192. The average Bonchev–Trinajstić information content (AvgIpc) is 3.14. The molecule has 1 aromatic heterocycles. The van der Waals surface area contributed by atoms with Gasteiger partial charge < -0.3 is 14.7 Å². The fourth-order valence-electron chi connectivity index (χ4n) is 4.21. The first-order valence-corrected chi connectivity index (χ1v) is 11.3. The Morgan fingerprint density at radius 2 is 1.72 bits per heavy atom. The topological polar surface area (TPSA) is 95.5 Å². The highest BCUT2D eigenvalue weighted by atomic mass is 19.4. The minimum absolute atomic E-state index is 0.0596. The number of rotatable bonds is 2. The highest BCUT2D eigenvalue weighted by molar-refractivity contribution is 5.94. The van der Waals surface area contributed by atoms with Crippen molar-refractivity contribution in [1.82, 2.24) is 15.1 Å². The molecule has 36 heavy (non-hydrogen) atoms. The summed E-state index contributed by atoms with van der Waals surface area (Å²) < 4.78 is 50.6. The van der Waals surface area contributed by atoms with Crippen molar-refractivity contribution in [3.63, 3.8) is 0 Å². The molecule has 190 valence electrons. The van der Waals surface area contributed by atoms with Crippen LogP contribution in [-0.2, 0) is 24.1 Å². The van der Waals surface area contributed by atoms with Crippen LogP contribution in [0.3, 0.4) is 0 Å². The SMILES string of the molecule is O=C(O)C(F)(F)F.O=C(c1ccc(F)cc1)N1CCc2[nH]nc(-c3ccc4c(c3)CCCO4)c2CC1. The number of hydrogen-bond donors (Lipinski definition) is 2. The van der Waals surface area contributed by atoms with Gasteiger partial charge in [0.25, 0.3) is 5.91 Å². The van der Waals surface area contributed by atoms with Gasteiger partial charge in [0, 0.05) is 41.9 Å². The minimum Gasteiger partial charge on any atom is -0.493 e. The number of benzene rings is 2. The predicted octanol–water partition coefficient (Wildman–Crippen LogP) is 4.42. The number of carboxylic acids is 1. The van der Waals surface area contributed by atoms with Gasteiger partial charge in [0.2, 0.25) is 0 Å². The van der Waals surface area contributed by atoms with Crippen molar-refractivity contribution in [2.75, 3.05) is 19.7 Å². The molecule has 3 heterocycles. The second-order valence-corrected chi connectivity index (χ2v) is 8.41. The van der Waals surface area contributed by atoms with Crippen LogP contribution < -0.4 is 4.74 Å². The van der Waals surface area contributed by atoms with E-state index >= 15 is 0 Å². The van der Waals surface area contributed by atoms with Crippen molar-refractivity contribution in [1.29, 1.82) is 0 Å². The van der Waals surface area contributed by atoms with Crippen molar-refractivity contribution in [2.45, 2.75) is 31.9 Å². The standard InChI is InChI=1S/C23H22FN3O2.C2HF3O2/c24-18-6-3-15(4-7-18)23(28)27-11-9-19-20(10-12-27)25-26-22(19)17-5-8-21-16(14-17)2-1-13-29-21;3-2(4,5)1(6)7/h3-8,14H,1-2,9-13H2,(H,25,26);(H,6,7). The van der Waals surface area contributed by atoms with E-state index in [1.165, 1.54) is 23.3 Å². The molecular formula is C25H23F4N3O4. The molecule has 1 amide bonds. The molecule has 7 nitrogen and oxygen atoms in total. The van der Waals surface area contributed by atoms with Gasteiger partial charge >= 0.3 is 12.1 Å². The number of halogens is 4. The normalized spacial score (nSPS) is 14.9. The summed E-state index contributed by atoms with van der Waals surface area (Å²) in [6.45, 7) is 2.01. The van der Waals surface area contributed by atoms with E-state index in [1.807, 2.05) is 11.0 Å². The van der Waals surface area contributed by atoms with Crippen molar-refractivity contribution >= 4 is 11.9 Å². The van der Waals surface area contributed by atoms with Gasteiger partial charge in [-0.1, -0.05) is 0 Å². The molecular weight excluding hydrogens is 482 g/mol. The third-order valence-electron chi connectivity index (χ3n) is 6.02. The summed E-state index contributed by atoms with van der Waals surface area (Å²) in [6, 6.07) is 12.0. The fraction of sp³-hybridized carbons (Fsp3) is 0.320.